The van der Waals surface area contributed by atoms with Crippen molar-refractivity contribution in [2.45, 2.75) is 26.4 Å². The Morgan fingerprint density at radius 3 is 2.82 bits per heavy atom. The van der Waals surface area contributed by atoms with Crippen molar-refractivity contribution in [1.29, 1.82) is 0 Å². The van der Waals surface area contributed by atoms with Crippen LogP contribution in [0, 0.1) is 0 Å². The summed E-state index contributed by atoms with van der Waals surface area (Å²) in [6.07, 6.45) is 1.43. The van der Waals surface area contributed by atoms with Gasteiger partial charge in [-0.2, -0.15) is 0 Å². The van der Waals surface area contributed by atoms with Crippen molar-refractivity contribution in [3.05, 3.63) is 26.8 Å². The van der Waals surface area contributed by atoms with Crippen LogP contribution in [0.25, 0.3) is 11.3 Å². The highest BCUT2D eigenvalue weighted by Gasteiger charge is 2.16. The second-order valence-corrected chi connectivity index (χ2v) is 6.19. The number of hydrogen-bond acceptors (Lipinski definition) is 4. The molecule has 6 heteroatoms. The topological polar surface area (TPSA) is 38.1 Å². The Morgan fingerprint density at radius 1 is 1.47 bits per heavy atom. The van der Waals surface area contributed by atoms with Crippen molar-refractivity contribution >= 4 is 34.5 Å². The standard InChI is InChI=1S/C11H12Cl2N2OS/c1-6(2)14-4-8-10(16-5-15-8)7-3-9(12)17-11(7)13/h3,5-6,14H,4H2,1-2H3. The summed E-state index contributed by atoms with van der Waals surface area (Å²) in [4.78, 5) is 4.19. The van der Waals surface area contributed by atoms with Crippen molar-refractivity contribution in [2.75, 3.05) is 0 Å². The van der Waals surface area contributed by atoms with Crippen molar-refractivity contribution < 1.29 is 4.42 Å². The van der Waals surface area contributed by atoms with Crippen LogP contribution in [0.5, 0.6) is 0 Å². The Morgan fingerprint density at radius 2 is 2.24 bits per heavy atom. The molecule has 1 N–H and O–H groups in total. The third kappa shape index (κ3) is 3.01. The van der Waals surface area contributed by atoms with Gasteiger partial charge in [-0.05, 0) is 6.07 Å². The Labute approximate surface area is 114 Å². The second kappa shape index (κ2) is 5.40. The normalized spacial score (nSPS) is 11.4. The van der Waals surface area contributed by atoms with Crippen LogP contribution in [-0.4, -0.2) is 11.0 Å². The van der Waals surface area contributed by atoms with Gasteiger partial charge in [-0.3, -0.25) is 0 Å². The second-order valence-electron chi connectivity index (χ2n) is 3.90. The highest BCUT2D eigenvalue weighted by Crippen LogP contribution is 2.39. The van der Waals surface area contributed by atoms with Crippen molar-refractivity contribution in [3.63, 3.8) is 0 Å². The molecule has 0 atom stereocenters. The van der Waals surface area contributed by atoms with Gasteiger partial charge < -0.3 is 9.73 Å². The van der Waals surface area contributed by atoms with Gasteiger partial charge in [-0.1, -0.05) is 37.0 Å². The van der Waals surface area contributed by atoms with Gasteiger partial charge in [0.2, 0.25) is 0 Å². The van der Waals surface area contributed by atoms with Crippen molar-refractivity contribution in [3.8, 4) is 11.3 Å². The molecule has 3 nitrogen and oxygen atoms in total. The molecule has 92 valence electrons. The Hall–Kier alpha value is -0.550. The summed E-state index contributed by atoms with van der Waals surface area (Å²) in [5.41, 5.74) is 1.65. The van der Waals surface area contributed by atoms with E-state index < -0.39 is 0 Å². The lowest BCUT2D eigenvalue weighted by Crippen LogP contribution is -2.22. The van der Waals surface area contributed by atoms with Crippen LogP contribution >= 0.6 is 34.5 Å². The van der Waals surface area contributed by atoms with Gasteiger partial charge in [-0.15, -0.1) is 11.3 Å². The van der Waals surface area contributed by atoms with Gasteiger partial charge in [0, 0.05) is 12.6 Å². The van der Waals surface area contributed by atoms with Crippen LogP contribution in [0.2, 0.25) is 8.67 Å². The van der Waals surface area contributed by atoms with Gasteiger partial charge in [0.15, 0.2) is 12.2 Å². The lowest BCUT2D eigenvalue weighted by atomic mass is 10.2. The number of hydrogen-bond donors (Lipinski definition) is 1. The molecule has 0 fully saturated rings. The minimum absolute atomic E-state index is 0.390. The number of halogens is 2. The molecule has 0 aliphatic carbocycles. The van der Waals surface area contributed by atoms with Crippen LogP contribution in [0.4, 0.5) is 0 Å². The Balaban J connectivity index is 2.27. The molecular formula is C11H12Cl2N2OS. The molecule has 0 spiro atoms. The van der Waals surface area contributed by atoms with Gasteiger partial charge in [0.25, 0.3) is 0 Å². The third-order valence-corrected chi connectivity index (χ3v) is 3.71. The molecule has 0 aliphatic heterocycles. The van der Waals surface area contributed by atoms with Gasteiger partial charge in [0.1, 0.15) is 10.0 Å². The molecular weight excluding hydrogens is 279 g/mol. The average Bonchev–Trinajstić information content (AvgIpc) is 2.81. The van der Waals surface area contributed by atoms with E-state index in [2.05, 4.69) is 24.1 Å². The molecule has 0 saturated heterocycles. The average molecular weight is 291 g/mol. The number of oxazole rings is 1. The number of nitrogens with one attached hydrogen (secondary N) is 1. The zero-order valence-electron chi connectivity index (χ0n) is 9.46. The number of nitrogens with zero attached hydrogens (tertiary/aromatic N) is 1. The smallest absolute Gasteiger partial charge is 0.181 e. The maximum Gasteiger partial charge on any atom is 0.181 e. The van der Waals surface area contributed by atoms with E-state index in [1.54, 1.807) is 6.07 Å². The Kier molecular flexibility index (Phi) is 4.09. The van der Waals surface area contributed by atoms with Crippen molar-refractivity contribution in [1.82, 2.24) is 10.3 Å². The fourth-order valence-electron chi connectivity index (χ4n) is 1.41. The minimum Gasteiger partial charge on any atom is -0.443 e. The molecule has 0 unspecified atom stereocenters. The lowest BCUT2D eigenvalue weighted by Gasteiger charge is -2.06. The molecule has 2 heterocycles. The van der Waals surface area contributed by atoms with Crippen LogP contribution in [-0.2, 0) is 6.54 Å². The van der Waals surface area contributed by atoms with Gasteiger partial charge >= 0.3 is 0 Å². The minimum atomic E-state index is 0.390. The molecule has 0 amide bonds. The van der Waals surface area contributed by atoms with Gasteiger partial charge in [0.05, 0.1) is 9.90 Å². The van der Waals surface area contributed by atoms with E-state index in [1.165, 1.54) is 17.7 Å². The summed E-state index contributed by atoms with van der Waals surface area (Å²) < 4.78 is 6.66. The van der Waals surface area contributed by atoms with Crippen LogP contribution in [0.3, 0.4) is 0 Å². The summed E-state index contributed by atoms with van der Waals surface area (Å²) in [5, 5.41) is 3.29. The third-order valence-electron chi connectivity index (χ3n) is 2.22. The molecule has 2 rings (SSSR count). The van der Waals surface area contributed by atoms with Crippen LogP contribution in [0.15, 0.2) is 16.9 Å². The lowest BCUT2D eigenvalue weighted by molar-refractivity contribution is 0.563. The van der Waals surface area contributed by atoms with E-state index in [1.807, 2.05) is 0 Å². The molecule has 0 bridgehead atoms. The molecule has 2 aromatic heterocycles. The van der Waals surface area contributed by atoms with E-state index in [-0.39, 0.29) is 0 Å². The largest absolute Gasteiger partial charge is 0.443 e. The van der Waals surface area contributed by atoms with E-state index >= 15 is 0 Å². The number of aromatic nitrogens is 1. The predicted molar refractivity (Wildman–Crippen MR) is 71.8 cm³/mol. The predicted octanol–water partition coefficient (Wildman–Crippen LogP) is 4.21. The number of thiophene rings is 1. The first-order valence-electron chi connectivity index (χ1n) is 5.19. The monoisotopic (exact) mass is 290 g/mol. The zero-order chi connectivity index (χ0) is 12.4. The highest BCUT2D eigenvalue weighted by atomic mass is 35.5. The van der Waals surface area contributed by atoms with E-state index in [0.717, 1.165) is 11.3 Å². The SMILES string of the molecule is CC(C)NCc1ncoc1-c1cc(Cl)sc1Cl. The Bertz CT molecular complexity index is 507. The molecule has 0 radical (unpaired) electrons. The fourth-order valence-corrected chi connectivity index (χ4v) is 2.87. The molecule has 0 aromatic carbocycles. The molecule has 17 heavy (non-hydrogen) atoms. The first-order valence-corrected chi connectivity index (χ1v) is 6.76. The summed E-state index contributed by atoms with van der Waals surface area (Å²) in [5.74, 6) is 0.686. The summed E-state index contributed by atoms with van der Waals surface area (Å²) in [6, 6.07) is 2.19. The first kappa shape index (κ1) is 12.9. The van der Waals surface area contributed by atoms with Crippen molar-refractivity contribution in [2.24, 2.45) is 0 Å². The van der Waals surface area contributed by atoms with E-state index in [0.29, 0.717) is 27.0 Å². The molecule has 0 aliphatic rings. The van der Waals surface area contributed by atoms with Crippen LogP contribution < -0.4 is 5.32 Å². The van der Waals surface area contributed by atoms with Gasteiger partial charge in [-0.25, -0.2) is 4.98 Å². The maximum absolute atomic E-state index is 6.10. The molecule has 2 aromatic rings. The summed E-state index contributed by atoms with van der Waals surface area (Å²) in [7, 11) is 0. The fraction of sp³-hybridized carbons (Fsp3) is 0.364. The van der Waals surface area contributed by atoms with E-state index in [4.69, 9.17) is 27.6 Å². The maximum atomic E-state index is 6.10. The summed E-state index contributed by atoms with van der Waals surface area (Å²) >= 11 is 13.3. The number of rotatable bonds is 4. The van der Waals surface area contributed by atoms with E-state index in [9.17, 15) is 0 Å². The molecule has 0 saturated carbocycles. The summed E-state index contributed by atoms with van der Waals surface area (Å²) in [6.45, 7) is 4.80. The highest BCUT2D eigenvalue weighted by molar-refractivity contribution is 7.20. The zero-order valence-corrected chi connectivity index (χ0v) is 11.8. The quantitative estimate of drug-likeness (QED) is 0.917. The first-order chi connectivity index (χ1) is 8.08. The van der Waals surface area contributed by atoms with Crippen LogP contribution in [0.1, 0.15) is 19.5 Å².